The molecule has 1 aliphatic heterocycles. The van der Waals surface area contributed by atoms with Crippen molar-refractivity contribution >= 4 is 5.78 Å². The number of ketones is 1. The van der Waals surface area contributed by atoms with Crippen molar-refractivity contribution < 1.29 is 9.53 Å². The highest BCUT2D eigenvalue weighted by Crippen LogP contribution is 2.62. The van der Waals surface area contributed by atoms with Gasteiger partial charge in [-0.15, -0.1) is 0 Å². The number of para-hydroxylation sites is 1. The van der Waals surface area contributed by atoms with Crippen molar-refractivity contribution in [3.63, 3.8) is 0 Å². The number of fused-ring (bicyclic) bond motifs is 3. The van der Waals surface area contributed by atoms with Crippen LogP contribution in [0.1, 0.15) is 30.4 Å². The van der Waals surface area contributed by atoms with E-state index in [1.54, 1.807) is 6.92 Å². The van der Waals surface area contributed by atoms with Crippen LogP contribution in [0.3, 0.4) is 0 Å². The second kappa shape index (κ2) is 6.56. The number of hydrogen-bond acceptors (Lipinski definition) is 4. The fourth-order valence-corrected chi connectivity index (χ4v) is 5.24. The molecule has 0 spiro atoms. The van der Waals surface area contributed by atoms with Crippen LogP contribution in [0.25, 0.3) is 0 Å². The van der Waals surface area contributed by atoms with Gasteiger partial charge in [-0.05, 0) is 25.0 Å². The minimum Gasteiger partial charge on any atom is -0.493 e. The lowest BCUT2D eigenvalue weighted by Gasteiger charge is -2.43. The zero-order chi connectivity index (χ0) is 19.0. The summed E-state index contributed by atoms with van der Waals surface area (Å²) in [7, 11) is 0. The first-order valence-corrected chi connectivity index (χ1v) is 9.20. The summed E-state index contributed by atoms with van der Waals surface area (Å²) in [4.78, 5) is 12.6. The minimum absolute atomic E-state index is 0.0683. The van der Waals surface area contributed by atoms with E-state index < -0.39 is 11.3 Å². The molecule has 0 aromatic heterocycles. The fraction of sp³-hybridized carbons (Fsp3) is 0.348. The smallest absolute Gasteiger partial charge is 0.143 e. The third kappa shape index (κ3) is 2.45. The maximum Gasteiger partial charge on any atom is 0.143 e. The number of nitrogens with zero attached hydrogens (tertiary/aromatic N) is 2. The Kier molecular flexibility index (Phi) is 4.21. The number of Topliss-reactive ketones (excluding diaryl/α,β-unsaturated/α-hetero) is 1. The van der Waals surface area contributed by atoms with Crippen molar-refractivity contribution in [2.75, 3.05) is 6.61 Å². The molecular weight excluding hydrogens is 336 g/mol. The number of carbonyl (C=O) groups excluding carboxylic acids is 1. The first-order valence-electron chi connectivity index (χ1n) is 9.20. The maximum absolute atomic E-state index is 12.6. The lowest BCUT2D eigenvalue weighted by atomic mass is 9.62. The largest absolute Gasteiger partial charge is 0.493 e. The summed E-state index contributed by atoms with van der Waals surface area (Å²) in [5.41, 5.74) is 1.26. The van der Waals surface area contributed by atoms with Crippen LogP contribution in [0, 0.1) is 40.4 Å². The number of hydrogen-bond donors (Lipinski definition) is 0. The second-order valence-electron chi connectivity index (χ2n) is 7.50. The molecule has 1 heterocycles. The summed E-state index contributed by atoms with van der Waals surface area (Å²) in [6.45, 7) is 2.02. The Bertz CT molecular complexity index is 942. The van der Waals surface area contributed by atoms with E-state index in [1.807, 2.05) is 54.6 Å². The average molecular weight is 356 g/mol. The summed E-state index contributed by atoms with van der Waals surface area (Å²) in [5.74, 6) is -0.418. The van der Waals surface area contributed by atoms with Crippen LogP contribution in [-0.4, -0.2) is 12.4 Å². The number of benzene rings is 2. The molecule has 4 atom stereocenters. The lowest BCUT2D eigenvalue weighted by Crippen LogP contribution is -2.45. The van der Waals surface area contributed by atoms with Gasteiger partial charge < -0.3 is 4.74 Å². The Morgan fingerprint density at radius 2 is 1.78 bits per heavy atom. The molecule has 4 heteroatoms. The van der Waals surface area contributed by atoms with Crippen LogP contribution < -0.4 is 4.74 Å². The molecule has 1 saturated carbocycles. The van der Waals surface area contributed by atoms with E-state index in [1.165, 1.54) is 0 Å². The first-order chi connectivity index (χ1) is 13.1. The highest BCUT2D eigenvalue weighted by atomic mass is 16.5. The first kappa shape index (κ1) is 17.3. The van der Waals surface area contributed by atoms with Crippen molar-refractivity contribution in [2.24, 2.45) is 17.8 Å². The van der Waals surface area contributed by atoms with Crippen LogP contribution in [-0.2, 0) is 10.2 Å². The molecule has 0 amide bonds. The zero-order valence-corrected chi connectivity index (χ0v) is 15.1. The van der Waals surface area contributed by atoms with E-state index in [2.05, 4.69) is 12.1 Å². The highest BCUT2D eigenvalue weighted by Gasteiger charge is 2.62. The van der Waals surface area contributed by atoms with Gasteiger partial charge in [0.15, 0.2) is 0 Å². The molecule has 0 saturated heterocycles. The Balaban J connectivity index is 1.96. The molecule has 2 aromatic rings. The number of nitriles is 2. The second-order valence-corrected chi connectivity index (χ2v) is 7.50. The lowest BCUT2D eigenvalue weighted by molar-refractivity contribution is -0.121. The van der Waals surface area contributed by atoms with Crippen molar-refractivity contribution in [1.29, 1.82) is 10.5 Å². The number of rotatable bonds is 3. The Hall–Kier alpha value is -3.11. The molecule has 1 aliphatic carbocycles. The van der Waals surface area contributed by atoms with Crippen LogP contribution in [0.5, 0.6) is 5.75 Å². The quantitative estimate of drug-likeness (QED) is 0.833. The molecule has 134 valence electrons. The summed E-state index contributed by atoms with van der Waals surface area (Å²) in [6, 6.07) is 22.1. The highest BCUT2D eigenvalue weighted by molar-refractivity contribution is 5.80. The van der Waals surface area contributed by atoms with Crippen molar-refractivity contribution in [2.45, 2.75) is 24.7 Å². The molecule has 4 rings (SSSR count). The van der Waals surface area contributed by atoms with E-state index in [9.17, 15) is 15.3 Å². The molecule has 27 heavy (non-hydrogen) atoms. The van der Waals surface area contributed by atoms with Crippen molar-refractivity contribution in [1.82, 2.24) is 0 Å². The third-order valence-corrected chi connectivity index (χ3v) is 6.37. The van der Waals surface area contributed by atoms with E-state index in [4.69, 9.17) is 4.74 Å². The van der Waals surface area contributed by atoms with Gasteiger partial charge in [0.1, 0.15) is 17.5 Å². The third-order valence-electron chi connectivity index (χ3n) is 6.37. The monoisotopic (exact) mass is 356 g/mol. The summed E-state index contributed by atoms with van der Waals surface area (Å²) in [6.07, 6.45) is 0.499. The Morgan fingerprint density at radius 3 is 2.44 bits per heavy atom. The van der Waals surface area contributed by atoms with Crippen molar-refractivity contribution in [3.8, 4) is 17.9 Å². The molecule has 0 radical (unpaired) electrons. The van der Waals surface area contributed by atoms with Crippen LogP contribution in [0.4, 0.5) is 0 Å². The Labute approximate surface area is 159 Å². The van der Waals surface area contributed by atoms with Crippen molar-refractivity contribution in [3.05, 3.63) is 65.7 Å². The molecule has 2 aromatic carbocycles. The van der Waals surface area contributed by atoms with Gasteiger partial charge in [-0.3, -0.25) is 4.79 Å². The van der Waals surface area contributed by atoms with E-state index >= 15 is 0 Å². The summed E-state index contributed by atoms with van der Waals surface area (Å²) < 4.78 is 6.05. The molecular formula is C23H20N2O2. The zero-order valence-electron chi connectivity index (χ0n) is 15.1. The van der Waals surface area contributed by atoms with Gasteiger partial charge in [0, 0.05) is 28.7 Å². The normalized spacial score (nSPS) is 28.4. The average Bonchev–Trinajstić information content (AvgIpc) is 3.06. The van der Waals surface area contributed by atoms with E-state index in [0.717, 1.165) is 16.9 Å². The maximum atomic E-state index is 12.6. The van der Waals surface area contributed by atoms with Gasteiger partial charge in [-0.1, -0.05) is 48.5 Å². The standard InChI is InChI=1S/C23H20N2O2/c1-15(26)18-11-23(17(12-24)13-25)19-9-5-6-10-21(19)27-14-20(23)22(18)16-7-3-2-4-8-16/h2-10,17-18,20,22H,11,14H2,1H3/t18-,20+,22-,23-/m0/s1. The predicted molar refractivity (Wildman–Crippen MR) is 99.8 cm³/mol. The van der Waals surface area contributed by atoms with Gasteiger partial charge in [0.2, 0.25) is 0 Å². The molecule has 0 bridgehead atoms. The molecule has 0 N–H and O–H groups in total. The molecule has 4 nitrogen and oxygen atoms in total. The van der Waals surface area contributed by atoms with Crippen LogP contribution in [0.15, 0.2) is 54.6 Å². The summed E-state index contributed by atoms with van der Waals surface area (Å²) >= 11 is 0. The minimum atomic E-state index is -0.830. The van der Waals surface area contributed by atoms with Gasteiger partial charge in [0.05, 0.1) is 18.7 Å². The number of ether oxygens (including phenoxy) is 1. The summed E-state index contributed by atoms with van der Waals surface area (Å²) in [5, 5.41) is 19.7. The fourth-order valence-electron chi connectivity index (χ4n) is 5.24. The van der Waals surface area contributed by atoms with Gasteiger partial charge in [0.25, 0.3) is 0 Å². The molecule has 0 unspecified atom stereocenters. The molecule has 1 fully saturated rings. The van der Waals surface area contributed by atoms with Crippen LogP contribution >= 0.6 is 0 Å². The van der Waals surface area contributed by atoms with Gasteiger partial charge in [-0.25, -0.2) is 0 Å². The van der Waals surface area contributed by atoms with Gasteiger partial charge >= 0.3 is 0 Å². The van der Waals surface area contributed by atoms with Gasteiger partial charge in [-0.2, -0.15) is 10.5 Å². The number of carbonyl (C=O) groups is 1. The molecule has 2 aliphatic rings. The predicted octanol–water partition coefficient (Wildman–Crippen LogP) is 3.99. The SMILES string of the molecule is CC(=O)[C@@H]1C[C@]2(C(C#N)C#N)c3ccccc3OC[C@@H]2[C@H]1c1ccccc1. The van der Waals surface area contributed by atoms with E-state index in [-0.39, 0.29) is 23.5 Å². The Morgan fingerprint density at radius 1 is 1.11 bits per heavy atom. The van der Waals surface area contributed by atoms with Crippen LogP contribution in [0.2, 0.25) is 0 Å². The topological polar surface area (TPSA) is 73.9 Å². The van der Waals surface area contributed by atoms with E-state index in [0.29, 0.717) is 13.0 Å².